The first-order chi connectivity index (χ1) is 15.6. The van der Waals surface area contributed by atoms with Gasteiger partial charge in [0, 0.05) is 23.9 Å². The van der Waals surface area contributed by atoms with Crippen LogP contribution in [0.5, 0.6) is 0 Å². The molecule has 3 N–H and O–H groups in total. The molecule has 3 aromatic heterocycles. The highest BCUT2D eigenvalue weighted by Gasteiger charge is 2.29. The summed E-state index contributed by atoms with van der Waals surface area (Å²) in [5.41, 5.74) is 3.80. The average molecular weight is 453 g/mol. The number of aromatic amines is 1. The number of aromatic nitrogens is 6. The third kappa shape index (κ3) is 3.97. The standard InChI is InChI=1S/C20H17ClN8O3/c1-11-23-20(32-28-11)18-26-24-15(29(18)14-5-3-2-4-13(14)21)6-7-17-25-27-19(31-17)12-8-9-22-16(30)10-12/h2-11,20,23,28H,1H3,(H,22,30)/b7-6+. The quantitative estimate of drug-likeness (QED) is 0.416. The van der Waals surface area contributed by atoms with Crippen LogP contribution in [0.3, 0.4) is 0 Å². The first-order valence-corrected chi connectivity index (χ1v) is 10.0. The molecule has 4 aromatic rings. The number of H-pyrrole nitrogens is 1. The first-order valence-electron chi connectivity index (χ1n) is 9.66. The summed E-state index contributed by atoms with van der Waals surface area (Å²) < 4.78 is 7.43. The highest BCUT2D eigenvalue weighted by atomic mass is 35.5. The minimum absolute atomic E-state index is 0.0579. The van der Waals surface area contributed by atoms with Crippen LogP contribution in [0.1, 0.15) is 30.7 Å². The number of pyridine rings is 1. The summed E-state index contributed by atoms with van der Waals surface area (Å²) in [5.74, 6) is 1.46. The van der Waals surface area contributed by atoms with Gasteiger partial charge in [0.2, 0.25) is 17.3 Å². The van der Waals surface area contributed by atoms with Crippen LogP contribution in [0.25, 0.3) is 29.3 Å². The summed E-state index contributed by atoms with van der Waals surface area (Å²) >= 11 is 6.45. The molecule has 32 heavy (non-hydrogen) atoms. The second-order valence-electron chi connectivity index (χ2n) is 6.93. The third-order valence-corrected chi connectivity index (χ3v) is 4.96. The Balaban J connectivity index is 1.50. The van der Waals surface area contributed by atoms with Crippen LogP contribution in [-0.2, 0) is 4.84 Å². The predicted molar refractivity (Wildman–Crippen MR) is 115 cm³/mol. The Morgan fingerprint density at radius 2 is 2.00 bits per heavy atom. The van der Waals surface area contributed by atoms with Gasteiger partial charge in [0.1, 0.15) is 0 Å². The number of nitrogens with one attached hydrogen (secondary N) is 3. The molecule has 0 aliphatic carbocycles. The van der Waals surface area contributed by atoms with Crippen LogP contribution >= 0.6 is 11.6 Å². The van der Waals surface area contributed by atoms with Crippen LogP contribution < -0.4 is 16.4 Å². The van der Waals surface area contributed by atoms with Crippen molar-refractivity contribution in [3.05, 3.63) is 75.5 Å². The van der Waals surface area contributed by atoms with E-state index in [4.69, 9.17) is 20.9 Å². The van der Waals surface area contributed by atoms with E-state index < -0.39 is 6.23 Å². The first kappa shape index (κ1) is 20.3. The van der Waals surface area contributed by atoms with Gasteiger partial charge in [-0.2, -0.15) is 5.48 Å². The van der Waals surface area contributed by atoms with Crippen LogP contribution in [0.2, 0.25) is 5.02 Å². The number of halogens is 1. The lowest BCUT2D eigenvalue weighted by molar-refractivity contribution is 0.0168. The lowest BCUT2D eigenvalue weighted by Gasteiger charge is -2.13. The molecule has 1 aromatic carbocycles. The molecule has 0 amide bonds. The molecule has 0 saturated carbocycles. The van der Waals surface area contributed by atoms with E-state index in [0.717, 1.165) is 0 Å². The molecular weight excluding hydrogens is 436 g/mol. The fourth-order valence-electron chi connectivity index (χ4n) is 3.20. The molecule has 0 radical (unpaired) electrons. The average Bonchev–Trinajstić information content (AvgIpc) is 3.52. The Kier molecular flexibility index (Phi) is 5.37. The van der Waals surface area contributed by atoms with Crippen molar-refractivity contribution in [2.75, 3.05) is 0 Å². The van der Waals surface area contributed by atoms with Gasteiger partial charge in [0.25, 0.3) is 0 Å². The van der Waals surface area contributed by atoms with Gasteiger partial charge < -0.3 is 9.40 Å². The molecule has 1 aliphatic heterocycles. The normalized spacial score (nSPS) is 18.6. The minimum Gasteiger partial charge on any atom is -0.417 e. The van der Waals surface area contributed by atoms with Gasteiger partial charge in [-0.05, 0) is 31.2 Å². The zero-order chi connectivity index (χ0) is 22.1. The van der Waals surface area contributed by atoms with Crippen LogP contribution in [0.4, 0.5) is 0 Å². The smallest absolute Gasteiger partial charge is 0.248 e. The van der Waals surface area contributed by atoms with Gasteiger partial charge in [-0.1, -0.05) is 23.7 Å². The molecule has 1 fully saturated rings. The van der Waals surface area contributed by atoms with Crippen LogP contribution in [-0.4, -0.2) is 36.1 Å². The number of nitrogens with zero attached hydrogens (tertiary/aromatic N) is 5. The molecule has 2 atom stereocenters. The number of rotatable bonds is 5. The fraction of sp³-hybridized carbons (Fsp3) is 0.150. The number of hydrogen-bond donors (Lipinski definition) is 3. The van der Waals surface area contributed by atoms with E-state index in [9.17, 15) is 4.79 Å². The molecule has 4 heterocycles. The van der Waals surface area contributed by atoms with Crippen LogP contribution in [0.15, 0.2) is 51.8 Å². The number of hydroxylamine groups is 1. The van der Waals surface area contributed by atoms with Gasteiger partial charge in [-0.3, -0.25) is 19.5 Å². The zero-order valence-corrected chi connectivity index (χ0v) is 17.4. The lowest BCUT2D eigenvalue weighted by Crippen LogP contribution is -2.28. The Morgan fingerprint density at radius 3 is 2.78 bits per heavy atom. The molecule has 0 spiro atoms. The maximum atomic E-state index is 11.5. The summed E-state index contributed by atoms with van der Waals surface area (Å²) in [7, 11) is 0. The van der Waals surface area contributed by atoms with E-state index in [2.05, 4.69) is 36.2 Å². The minimum atomic E-state index is -0.526. The second-order valence-corrected chi connectivity index (χ2v) is 7.33. The van der Waals surface area contributed by atoms with Crippen molar-refractivity contribution in [3.8, 4) is 17.1 Å². The number of benzene rings is 1. The maximum absolute atomic E-state index is 11.5. The molecule has 2 unspecified atom stereocenters. The van der Waals surface area contributed by atoms with E-state index in [1.807, 2.05) is 25.1 Å². The van der Waals surface area contributed by atoms with E-state index in [1.165, 1.54) is 12.3 Å². The van der Waals surface area contributed by atoms with E-state index in [-0.39, 0.29) is 23.5 Å². The summed E-state index contributed by atoms with van der Waals surface area (Å²) in [6, 6.07) is 10.4. The van der Waals surface area contributed by atoms with E-state index in [0.29, 0.717) is 27.9 Å². The van der Waals surface area contributed by atoms with Gasteiger partial charge in [0.15, 0.2) is 17.9 Å². The molecule has 0 bridgehead atoms. The van der Waals surface area contributed by atoms with E-state index >= 15 is 0 Å². The Labute approximate surface area is 186 Å². The van der Waals surface area contributed by atoms with Crippen molar-refractivity contribution in [2.24, 2.45) is 0 Å². The van der Waals surface area contributed by atoms with Gasteiger partial charge in [-0.25, -0.2) is 0 Å². The molecule has 12 heteroatoms. The molecule has 11 nitrogen and oxygen atoms in total. The van der Waals surface area contributed by atoms with Crippen molar-refractivity contribution < 1.29 is 9.25 Å². The lowest BCUT2D eigenvalue weighted by atomic mass is 10.3. The van der Waals surface area contributed by atoms with Gasteiger partial charge in [-0.15, -0.1) is 20.4 Å². The van der Waals surface area contributed by atoms with Crippen molar-refractivity contribution in [1.29, 1.82) is 0 Å². The third-order valence-electron chi connectivity index (χ3n) is 4.64. The highest BCUT2D eigenvalue weighted by molar-refractivity contribution is 6.32. The Bertz CT molecular complexity index is 1340. The Hall–Kier alpha value is -3.64. The topological polar surface area (TPSA) is 136 Å². The largest absolute Gasteiger partial charge is 0.417 e. The zero-order valence-electron chi connectivity index (χ0n) is 16.7. The summed E-state index contributed by atoms with van der Waals surface area (Å²) in [4.78, 5) is 19.6. The molecular formula is C20H17ClN8O3. The molecule has 1 aliphatic rings. The fourth-order valence-corrected chi connectivity index (χ4v) is 3.42. The van der Waals surface area contributed by atoms with Gasteiger partial charge in [0.05, 0.1) is 16.9 Å². The van der Waals surface area contributed by atoms with E-state index in [1.54, 1.807) is 28.9 Å². The SMILES string of the molecule is CC1NOC(c2nnc(/C=C/c3nnc(-c4cc[nH]c(=O)c4)o3)n2-c2ccccc2Cl)N1. The van der Waals surface area contributed by atoms with Crippen molar-refractivity contribution >= 4 is 23.8 Å². The second kappa shape index (κ2) is 8.48. The van der Waals surface area contributed by atoms with Gasteiger partial charge >= 0.3 is 0 Å². The van der Waals surface area contributed by atoms with Crippen LogP contribution in [0, 0.1) is 0 Å². The molecule has 162 valence electrons. The summed E-state index contributed by atoms with van der Waals surface area (Å²) in [5, 5.41) is 20.3. The van der Waals surface area contributed by atoms with Crippen molar-refractivity contribution in [3.63, 3.8) is 0 Å². The predicted octanol–water partition coefficient (Wildman–Crippen LogP) is 2.30. The van der Waals surface area contributed by atoms with Crippen molar-refractivity contribution in [1.82, 2.24) is 40.7 Å². The maximum Gasteiger partial charge on any atom is 0.248 e. The monoisotopic (exact) mass is 452 g/mol. The highest BCUT2D eigenvalue weighted by Crippen LogP contribution is 2.27. The Morgan fingerprint density at radius 1 is 1.12 bits per heavy atom. The molecule has 5 rings (SSSR count). The number of para-hydroxylation sites is 1. The summed E-state index contributed by atoms with van der Waals surface area (Å²) in [6.07, 6.45) is 4.22. The van der Waals surface area contributed by atoms with Crippen molar-refractivity contribution in [2.45, 2.75) is 19.3 Å². The summed E-state index contributed by atoms with van der Waals surface area (Å²) in [6.45, 7) is 1.92. The molecule has 1 saturated heterocycles. The number of hydrogen-bond acceptors (Lipinski definition) is 9.